The molecule has 2 atom stereocenters. The number of amides is 1. The molecule has 0 saturated carbocycles. The smallest absolute Gasteiger partial charge is 0.355 e. The number of carbonyl (C=O) groups is 3. The van der Waals surface area contributed by atoms with Crippen LogP contribution in [-0.2, 0) is 30.3 Å². The van der Waals surface area contributed by atoms with Crippen LogP contribution in [-0.4, -0.2) is 43.6 Å². The SMILES string of the molecule is CCc1ccc(N2C(=N)C(C#N)C3(C(=O)N(c4ccccc4)N=C3C)C(C(=O)OC)=C2C(=O)OC)cc1. The van der Waals surface area contributed by atoms with Crippen molar-refractivity contribution in [2.75, 3.05) is 24.1 Å². The summed E-state index contributed by atoms with van der Waals surface area (Å²) >= 11 is 0. The number of hydrogen-bond acceptors (Lipinski definition) is 8. The van der Waals surface area contributed by atoms with E-state index >= 15 is 0 Å². The summed E-state index contributed by atoms with van der Waals surface area (Å²) in [5.74, 6) is -4.63. The minimum atomic E-state index is -2.09. The van der Waals surface area contributed by atoms with Crippen molar-refractivity contribution in [2.45, 2.75) is 20.3 Å². The number of rotatable bonds is 5. The van der Waals surface area contributed by atoms with Crippen molar-refractivity contribution in [1.29, 1.82) is 10.7 Å². The third-order valence-corrected chi connectivity index (χ3v) is 6.65. The fourth-order valence-corrected chi connectivity index (χ4v) is 4.81. The molecule has 2 heterocycles. The van der Waals surface area contributed by atoms with Crippen LogP contribution >= 0.6 is 0 Å². The molecule has 2 unspecified atom stereocenters. The minimum absolute atomic E-state index is 0.0698. The molecule has 1 amide bonds. The van der Waals surface area contributed by atoms with E-state index in [0.29, 0.717) is 11.4 Å². The predicted molar refractivity (Wildman–Crippen MR) is 136 cm³/mol. The van der Waals surface area contributed by atoms with Crippen molar-refractivity contribution in [3.63, 3.8) is 0 Å². The topological polar surface area (TPSA) is 136 Å². The molecule has 0 aliphatic carbocycles. The van der Waals surface area contributed by atoms with Crippen LogP contribution in [0.3, 0.4) is 0 Å². The lowest BCUT2D eigenvalue weighted by Crippen LogP contribution is -2.59. The summed E-state index contributed by atoms with van der Waals surface area (Å²) in [7, 11) is 2.24. The molecule has 0 radical (unpaired) electrons. The van der Waals surface area contributed by atoms with E-state index < -0.39 is 34.8 Å². The molecule has 2 aliphatic heterocycles. The quantitative estimate of drug-likeness (QED) is 0.624. The van der Waals surface area contributed by atoms with Crippen LogP contribution in [0.15, 0.2) is 71.0 Å². The Labute approximate surface area is 213 Å². The zero-order valence-electron chi connectivity index (χ0n) is 20.8. The van der Waals surface area contributed by atoms with Gasteiger partial charge < -0.3 is 9.47 Å². The van der Waals surface area contributed by atoms with Crippen molar-refractivity contribution >= 4 is 40.8 Å². The first-order valence-electron chi connectivity index (χ1n) is 11.5. The molecule has 10 nitrogen and oxygen atoms in total. The van der Waals surface area contributed by atoms with Gasteiger partial charge in [0.05, 0.1) is 37.3 Å². The van der Waals surface area contributed by atoms with E-state index in [0.717, 1.165) is 31.2 Å². The highest BCUT2D eigenvalue weighted by Crippen LogP contribution is 2.51. The highest BCUT2D eigenvalue weighted by atomic mass is 16.5. The summed E-state index contributed by atoms with van der Waals surface area (Å²) < 4.78 is 10.1. The van der Waals surface area contributed by atoms with Gasteiger partial charge in [-0.1, -0.05) is 37.3 Å². The average molecular weight is 500 g/mol. The fourth-order valence-electron chi connectivity index (χ4n) is 4.81. The van der Waals surface area contributed by atoms with Crippen molar-refractivity contribution in [1.82, 2.24) is 0 Å². The van der Waals surface area contributed by atoms with Crippen LogP contribution in [0.5, 0.6) is 0 Å². The Morgan fingerprint density at radius 2 is 1.68 bits per heavy atom. The minimum Gasteiger partial charge on any atom is -0.466 e. The Kier molecular flexibility index (Phi) is 6.64. The monoisotopic (exact) mass is 499 g/mol. The first-order chi connectivity index (χ1) is 17.8. The molecule has 0 saturated heterocycles. The Balaban J connectivity index is 2.08. The van der Waals surface area contributed by atoms with Crippen LogP contribution < -0.4 is 9.91 Å². The Morgan fingerprint density at radius 3 is 2.22 bits per heavy atom. The molecule has 188 valence electrons. The molecule has 0 fully saturated rings. The normalized spacial score (nSPS) is 21.2. The molecular weight excluding hydrogens is 474 g/mol. The fraction of sp³-hybridized carbons (Fsp3) is 0.259. The van der Waals surface area contributed by atoms with Gasteiger partial charge in [0.15, 0.2) is 0 Å². The van der Waals surface area contributed by atoms with Crippen molar-refractivity contribution in [2.24, 2.45) is 16.4 Å². The Morgan fingerprint density at radius 1 is 1.05 bits per heavy atom. The van der Waals surface area contributed by atoms with E-state index in [1.807, 2.05) is 25.1 Å². The van der Waals surface area contributed by atoms with Crippen LogP contribution in [0.2, 0.25) is 0 Å². The van der Waals surface area contributed by atoms with Gasteiger partial charge in [-0.25, -0.2) is 9.59 Å². The van der Waals surface area contributed by atoms with Crippen LogP contribution in [0, 0.1) is 28.1 Å². The van der Waals surface area contributed by atoms with E-state index in [9.17, 15) is 19.6 Å². The maximum Gasteiger partial charge on any atom is 0.355 e. The number of ether oxygens (including phenoxy) is 2. The summed E-state index contributed by atoms with van der Waals surface area (Å²) in [6.45, 7) is 3.47. The van der Waals surface area contributed by atoms with Crippen LogP contribution in [0.1, 0.15) is 19.4 Å². The molecule has 0 bridgehead atoms. The molecule has 37 heavy (non-hydrogen) atoms. The van der Waals surface area contributed by atoms with Crippen LogP contribution in [0.4, 0.5) is 11.4 Å². The Hall–Kier alpha value is -4.78. The molecule has 2 aromatic carbocycles. The number of aryl methyl sites for hydroxylation is 1. The van der Waals surface area contributed by atoms with Crippen molar-refractivity contribution in [3.8, 4) is 6.07 Å². The third kappa shape index (κ3) is 3.67. The lowest BCUT2D eigenvalue weighted by Gasteiger charge is -2.43. The molecule has 2 aliphatic rings. The summed E-state index contributed by atoms with van der Waals surface area (Å²) in [6.07, 6.45) is 0.758. The number of carbonyl (C=O) groups excluding carboxylic acids is 3. The number of nitrogens with zero attached hydrogens (tertiary/aromatic N) is 4. The summed E-state index contributed by atoms with van der Waals surface area (Å²) in [5.41, 5.74) is -1.06. The van der Waals surface area contributed by atoms with E-state index in [1.54, 1.807) is 42.5 Å². The van der Waals surface area contributed by atoms with Gasteiger partial charge in [-0.05, 0) is 43.2 Å². The number of nitriles is 1. The summed E-state index contributed by atoms with van der Waals surface area (Å²) in [5, 5.41) is 24.9. The van der Waals surface area contributed by atoms with Crippen molar-refractivity contribution in [3.05, 3.63) is 71.4 Å². The second-order valence-electron chi connectivity index (χ2n) is 8.46. The van der Waals surface area contributed by atoms with Gasteiger partial charge in [0.2, 0.25) is 0 Å². The molecule has 1 N–H and O–H groups in total. The molecule has 1 spiro atoms. The van der Waals surface area contributed by atoms with Gasteiger partial charge in [-0.2, -0.15) is 15.4 Å². The number of hydrazone groups is 1. The second kappa shape index (κ2) is 9.70. The summed E-state index contributed by atoms with van der Waals surface area (Å²) in [6, 6.07) is 17.5. The van der Waals surface area contributed by atoms with E-state index in [1.165, 1.54) is 11.8 Å². The number of nitrogens with one attached hydrogen (secondary N) is 1. The standard InChI is InChI=1S/C27H25N5O5/c1-5-17-11-13-18(14-12-17)31-22(25(34)37-4)21(24(33)36-3)27(20(15-28)23(31)29)16(2)30-32(26(27)35)19-9-7-6-8-10-19/h6-14,20,29H,5H2,1-4H3. The summed E-state index contributed by atoms with van der Waals surface area (Å²) in [4.78, 5) is 42.0. The van der Waals surface area contributed by atoms with E-state index in [4.69, 9.17) is 14.9 Å². The van der Waals surface area contributed by atoms with Gasteiger partial charge in [-0.15, -0.1) is 0 Å². The highest BCUT2D eigenvalue weighted by Gasteiger charge is 2.66. The first kappa shape index (κ1) is 25.3. The van der Waals surface area contributed by atoms with Gasteiger partial charge in [0, 0.05) is 5.69 Å². The zero-order valence-corrected chi connectivity index (χ0v) is 20.8. The molecular formula is C27H25N5O5. The maximum atomic E-state index is 14.2. The molecule has 0 aromatic heterocycles. The van der Waals surface area contributed by atoms with E-state index in [-0.39, 0.29) is 17.2 Å². The average Bonchev–Trinajstić information content (AvgIpc) is 3.18. The largest absolute Gasteiger partial charge is 0.466 e. The van der Waals surface area contributed by atoms with Gasteiger partial charge in [0.25, 0.3) is 5.91 Å². The van der Waals surface area contributed by atoms with Gasteiger partial charge in [0.1, 0.15) is 22.9 Å². The molecule has 4 rings (SSSR count). The number of para-hydroxylation sites is 1. The number of esters is 2. The van der Waals surface area contributed by atoms with Gasteiger partial charge >= 0.3 is 11.9 Å². The van der Waals surface area contributed by atoms with E-state index in [2.05, 4.69) is 5.10 Å². The van der Waals surface area contributed by atoms with Gasteiger partial charge in [-0.3, -0.25) is 15.1 Å². The lowest BCUT2D eigenvalue weighted by molar-refractivity contribution is -0.141. The van der Waals surface area contributed by atoms with Crippen LogP contribution in [0.25, 0.3) is 0 Å². The number of methoxy groups -OCH3 is 2. The number of amidine groups is 1. The zero-order chi connectivity index (χ0) is 26.9. The van der Waals surface area contributed by atoms with Crippen molar-refractivity contribution < 1.29 is 23.9 Å². The highest BCUT2D eigenvalue weighted by molar-refractivity contribution is 6.31. The maximum absolute atomic E-state index is 14.2. The second-order valence-corrected chi connectivity index (χ2v) is 8.46. The number of benzene rings is 2. The predicted octanol–water partition coefficient (Wildman–Crippen LogP) is 3.20. The molecule has 2 aromatic rings. The Bertz CT molecular complexity index is 1390. The first-order valence-corrected chi connectivity index (χ1v) is 11.5. The third-order valence-electron chi connectivity index (χ3n) is 6.65. The number of hydrogen-bond donors (Lipinski definition) is 1. The molecule has 10 heteroatoms. The number of anilines is 2. The lowest BCUT2D eigenvalue weighted by atomic mass is 9.63.